The zero-order chi connectivity index (χ0) is 31.9. The van der Waals surface area contributed by atoms with Gasteiger partial charge in [-0.25, -0.2) is 8.42 Å². The summed E-state index contributed by atoms with van der Waals surface area (Å²) in [6.45, 7) is 3.18. The van der Waals surface area contributed by atoms with Crippen LogP contribution in [0.5, 0.6) is 5.75 Å². The summed E-state index contributed by atoms with van der Waals surface area (Å²) in [5, 5.41) is 3.30. The van der Waals surface area contributed by atoms with E-state index in [0.29, 0.717) is 12.2 Å². The Bertz CT molecular complexity index is 1540. The number of hydrogen-bond donors (Lipinski definition) is 1. The van der Waals surface area contributed by atoms with Gasteiger partial charge in [0.15, 0.2) is 0 Å². The van der Waals surface area contributed by atoms with Gasteiger partial charge < -0.3 is 15.0 Å². The number of hydrogen-bond acceptors (Lipinski definition) is 5. The summed E-state index contributed by atoms with van der Waals surface area (Å²) < 4.78 is 34.4. The Labute approximate surface area is 270 Å². The minimum atomic E-state index is -4.27. The van der Waals surface area contributed by atoms with Crippen LogP contribution in [0.25, 0.3) is 0 Å². The average Bonchev–Trinajstić information content (AvgIpc) is 3.02. The summed E-state index contributed by atoms with van der Waals surface area (Å²) in [6.07, 6.45) is 5.35. The van der Waals surface area contributed by atoms with Crippen LogP contribution in [0, 0.1) is 6.92 Å². The molecular formula is C33H39Cl2N3O5S. The maximum absolute atomic E-state index is 14.3. The largest absolute Gasteiger partial charge is 0.497 e. The first-order valence-electron chi connectivity index (χ1n) is 14.8. The van der Waals surface area contributed by atoms with Crippen molar-refractivity contribution in [1.82, 2.24) is 10.2 Å². The molecule has 11 heteroatoms. The molecule has 0 saturated heterocycles. The normalized spacial score (nSPS) is 14.5. The number of benzene rings is 3. The molecular weight excluding hydrogens is 621 g/mol. The average molecular weight is 661 g/mol. The number of sulfonamides is 1. The molecule has 1 N–H and O–H groups in total. The molecule has 1 atom stereocenters. The molecule has 0 aromatic heterocycles. The van der Waals surface area contributed by atoms with Gasteiger partial charge in [-0.05, 0) is 68.1 Å². The minimum Gasteiger partial charge on any atom is -0.497 e. The third-order valence-corrected chi connectivity index (χ3v) is 10.5. The van der Waals surface area contributed by atoms with Crippen molar-refractivity contribution in [3.63, 3.8) is 0 Å². The first-order chi connectivity index (χ1) is 21.0. The monoisotopic (exact) mass is 659 g/mol. The third kappa shape index (κ3) is 8.06. The SMILES string of the molecule is CC[C@H](C(=O)NC1CCCCC1)N(Cc1ccc(OC)cc1)C(=O)CN(c1cccc(Cl)c1Cl)S(=O)(=O)c1ccc(C)cc1. The van der Waals surface area contributed by atoms with Crippen LogP contribution in [0.1, 0.15) is 56.6 Å². The fourth-order valence-corrected chi connectivity index (χ4v) is 7.30. The number of ether oxygens (including phenoxy) is 1. The van der Waals surface area contributed by atoms with Crippen LogP contribution in [0.3, 0.4) is 0 Å². The fraction of sp³-hybridized carbons (Fsp3) is 0.394. The Balaban J connectivity index is 1.73. The predicted molar refractivity (Wildman–Crippen MR) is 175 cm³/mol. The molecule has 1 fully saturated rings. The van der Waals surface area contributed by atoms with Crippen molar-refractivity contribution in [2.45, 2.75) is 75.9 Å². The standard InChI is InChI=1S/C33H39Cl2N3O5S/c1-4-29(33(40)36-25-9-6-5-7-10-25)37(21-24-15-17-26(43-3)18-16-24)31(39)22-38(30-12-8-11-28(34)32(30)35)44(41,42)27-19-13-23(2)14-20-27/h8,11-20,25,29H,4-7,9-10,21-22H2,1-3H3,(H,36,40)/t29-/m1/s1. The topological polar surface area (TPSA) is 96.0 Å². The van der Waals surface area contributed by atoms with E-state index in [1.165, 1.54) is 23.1 Å². The smallest absolute Gasteiger partial charge is 0.264 e. The van der Waals surface area contributed by atoms with E-state index in [-0.39, 0.29) is 39.1 Å². The van der Waals surface area contributed by atoms with Gasteiger partial charge in [-0.1, -0.05) is 85.3 Å². The quantitative estimate of drug-likeness (QED) is 0.232. The molecule has 0 radical (unpaired) electrons. The molecule has 3 aromatic rings. The van der Waals surface area contributed by atoms with Gasteiger partial charge in [-0.2, -0.15) is 0 Å². The Kier molecular flexibility index (Phi) is 11.6. The van der Waals surface area contributed by atoms with Crippen molar-refractivity contribution in [3.05, 3.63) is 87.9 Å². The number of nitrogens with one attached hydrogen (secondary N) is 1. The number of carbonyl (C=O) groups is 2. The van der Waals surface area contributed by atoms with E-state index in [1.54, 1.807) is 43.5 Å². The van der Waals surface area contributed by atoms with Gasteiger partial charge in [-0.15, -0.1) is 0 Å². The predicted octanol–water partition coefficient (Wildman–Crippen LogP) is 6.76. The van der Waals surface area contributed by atoms with Crippen LogP contribution >= 0.6 is 23.2 Å². The highest BCUT2D eigenvalue weighted by molar-refractivity contribution is 7.92. The highest BCUT2D eigenvalue weighted by Crippen LogP contribution is 2.36. The van der Waals surface area contributed by atoms with E-state index in [2.05, 4.69) is 5.32 Å². The Morgan fingerprint density at radius 3 is 2.25 bits per heavy atom. The summed E-state index contributed by atoms with van der Waals surface area (Å²) in [5.74, 6) is -0.159. The third-order valence-electron chi connectivity index (χ3n) is 7.94. The number of halogens is 2. The van der Waals surface area contributed by atoms with E-state index in [1.807, 2.05) is 26.0 Å². The molecule has 0 aliphatic heterocycles. The van der Waals surface area contributed by atoms with Crippen LogP contribution in [-0.4, -0.2) is 50.9 Å². The van der Waals surface area contributed by atoms with Gasteiger partial charge in [0.1, 0.15) is 18.3 Å². The van der Waals surface area contributed by atoms with Gasteiger partial charge in [-0.3, -0.25) is 13.9 Å². The highest BCUT2D eigenvalue weighted by atomic mass is 35.5. The van der Waals surface area contributed by atoms with Crippen molar-refractivity contribution in [1.29, 1.82) is 0 Å². The Hall–Kier alpha value is -3.27. The highest BCUT2D eigenvalue weighted by Gasteiger charge is 2.35. The molecule has 236 valence electrons. The molecule has 0 heterocycles. The van der Waals surface area contributed by atoms with Gasteiger partial charge in [0.05, 0.1) is 27.7 Å². The lowest BCUT2D eigenvalue weighted by atomic mass is 9.95. The van der Waals surface area contributed by atoms with Crippen LogP contribution in [0.4, 0.5) is 5.69 Å². The number of amides is 2. The van der Waals surface area contributed by atoms with Gasteiger partial charge in [0, 0.05) is 12.6 Å². The van der Waals surface area contributed by atoms with Crippen LogP contribution in [-0.2, 0) is 26.2 Å². The lowest BCUT2D eigenvalue weighted by Crippen LogP contribution is -2.54. The minimum absolute atomic E-state index is 0.00133. The second kappa shape index (κ2) is 15.1. The van der Waals surface area contributed by atoms with E-state index in [4.69, 9.17) is 27.9 Å². The Morgan fingerprint density at radius 1 is 0.977 bits per heavy atom. The molecule has 4 rings (SSSR count). The zero-order valence-electron chi connectivity index (χ0n) is 25.3. The van der Waals surface area contributed by atoms with Crippen LogP contribution < -0.4 is 14.4 Å². The van der Waals surface area contributed by atoms with E-state index >= 15 is 0 Å². The first-order valence-corrected chi connectivity index (χ1v) is 17.0. The summed E-state index contributed by atoms with van der Waals surface area (Å²) in [5.41, 5.74) is 1.71. The molecule has 0 spiro atoms. The van der Waals surface area contributed by atoms with E-state index in [9.17, 15) is 18.0 Å². The number of methoxy groups -OCH3 is 1. The molecule has 1 aliphatic rings. The molecule has 1 saturated carbocycles. The van der Waals surface area contributed by atoms with Gasteiger partial charge in [0.2, 0.25) is 11.8 Å². The first kappa shape index (κ1) is 33.6. The summed E-state index contributed by atoms with van der Waals surface area (Å²) in [4.78, 5) is 29.5. The maximum atomic E-state index is 14.3. The summed E-state index contributed by atoms with van der Waals surface area (Å²) in [7, 11) is -2.70. The van der Waals surface area contributed by atoms with Crippen molar-refractivity contribution >= 4 is 50.7 Å². The maximum Gasteiger partial charge on any atom is 0.264 e. The van der Waals surface area contributed by atoms with Crippen molar-refractivity contribution < 1.29 is 22.7 Å². The zero-order valence-corrected chi connectivity index (χ0v) is 27.6. The van der Waals surface area contributed by atoms with Crippen molar-refractivity contribution in [2.24, 2.45) is 0 Å². The fourth-order valence-electron chi connectivity index (χ4n) is 5.43. The van der Waals surface area contributed by atoms with E-state index in [0.717, 1.165) is 47.5 Å². The molecule has 8 nitrogen and oxygen atoms in total. The van der Waals surface area contributed by atoms with Crippen molar-refractivity contribution in [3.8, 4) is 5.75 Å². The number of carbonyl (C=O) groups excluding carboxylic acids is 2. The van der Waals surface area contributed by atoms with Gasteiger partial charge in [0.25, 0.3) is 10.0 Å². The number of aryl methyl sites for hydroxylation is 1. The second-order valence-electron chi connectivity index (χ2n) is 11.0. The van der Waals surface area contributed by atoms with Crippen LogP contribution in [0.15, 0.2) is 71.6 Å². The number of anilines is 1. The summed E-state index contributed by atoms with van der Waals surface area (Å²) in [6, 6.07) is 17.4. The second-order valence-corrected chi connectivity index (χ2v) is 13.7. The van der Waals surface area contributed by atoms with Crippen molar-refractivity contribution in [2.75, 3.05) is 18.0 Å². The molecule has 0 unspecified atom stereocenters. The Morgan fingerprint density at radius 2 is 1.64 bits per heavy atom. The van der Waals surface area contributed by atoms with Gasteiger partial charge >= 0.3 is 0 Å². The molecule has 0 bridgehead atoms. The molecule has 44 heavy (non-hydrogen) atoms. The summed E-state index contributed by atoms with van der Waals surface area (Å²) >= 11 is 12.8. The lowest BCUT2D eigenvalue weighted by molar-refractivity contribution is -0.140. The van der Waals surface area contributed by atoms with E-state index < -0.39 is 28.5 Å². The molecule has 2 amide bonds. The van der Waals surface area contributed by atoms with Crippen LogP contribution in [0.2, 0.25) is 10.0 Å². The number of rotatable bonds is 12. The molecule has 3 aromatic carbocycles. The number of nitrogens with zero attached hydrogens (tertiary/aromatic N) is 2. The lowest BCUT2D eigenvalue weighted by Gasteiger charge is -2.34. The molecule has 1 aliphatic carbocycles.